The molecule has 0 aliphatic rings. The quantitative estimate of drug-likeness (QED) is 0.0414. The monoisotopic (exact) mass is 1330 g/mol. The van der Waals surface area contributed by atoms with Crippen molar-refractivity contribution in [1.82, 2.24) is 18.7 Å². The molecular weight excluding hydrogens is 1280 g/mol. The van der Waals surface area contributed by atoms with Crippen molar-refractivity contribution in [3.63, 3.8) is 0 Å². The van der Waals surface area contributed by atoms with E-state index in [0.29, 0.717) is 51.3 Å². The molecule has 0 saturated carbocycles. The number of anilines is 2. The molecule has 0 atom stereocenters. The molecule has 0 radical (unpaired) electrons. The minimum absolute atomic E-state index is 0. The Balaban J connectivity index is 0.000000670. The zero-order valence-corrected chi connectivity index (χ0v) is 55.6. The number of carbonyl (C=O) groups excluding carboxylic acids is 1. The molecule has 8 aromatic rings. The summed E-state index contributed by atoms with van der Waals surface area (Å²) >= 11 is 1.85. The summed E-state index contributed by atoms with van der Waals surface area (Å²) in [7, 11) is -3.14. The van der Waals surface area contributed by atoms with Crippen molar-refractivity contribution in [1.29, 1.82) is 0 Å². The predicted octanol–water partition coefficient (Wildman–Crippen LogP) is 5.02. The van der Waals surface area contributed by atoms with E-state index >= 15 is 0 Å². The van der Waals surface area contributed by atoms with Crippen LogP contribution in [-0.4, -0.2) is 82.7 Å². The summed E-state index contributed by atoms with van der Waals surface area (Å²) in [4.78, 5) is 19.2. The molecule has 0 aliphatic carbocycles. The van der Waals surface area contributed by atoms with Crippen molar-refractivity contribution < 1.29 is 201 Å². The molecule has 19 nitrogen and oxygen atoms in total. The van der Waals surface area contributed by atoms with Crippen LogP contribution in [0.4, 0.5) is 45.4 Å². The molecular formula is C52H50F8K2N6O13S4. The van der Waals surface area contributed by atoms with Crippen molar-refractivity contribution in [3.8, 4) is 40.2 Å². The number of carbonyl (C=O) groups is 1. The average Bonchev–Trinajstić information content (AvgIpc) is 3.65. The summed E-state index contributed by atoms with van der Waals surface area (Å²) in [6.07, 6.45) is -6.38. The number of benzene rings is 6. The van der Waals surface area contributed by atoms with Gasteiger partial charge < -0.3 is 40.4 Å². The molecule has 0 amide bonds. The maximum atomic E-state index is 13.7. The summed E-state index contributed by atoms with van der Waals surface area (Å²) in [5.41, 5.74) is 0.275. The van der Waals surface area contributed by atoms with Crippen LogP contribution >= 0.6 is 23.1 Å². The second-order valence-electron chi connectivity index (χ2n) is 16.1. The number of halogens is 8. The van der Waals surface area contributed by atoms with E-state index < -0.39 is 56.5 Å². The Bertz CT molecular complexity index is 3580. The molecule has 85 heavy (non-hydrogen) atoms. The van der Waals surface area contributed by atoms with E-state index in [4.69, 9.17) is 40.2 Å². The van der Waals surface area contributed by atoms with Crippen molar-refractivity contribution in [3.05, 3.63) is 173 Å². The first-order valence-corrected chi connectivity index (χ1v) is 27.3. The Labute approximate surface area is 579 Å². The first-order valence-electron chi connectivity index (χ1n) is 23.6. The molecule has 1 N–H and O–H groups in total. The maximum absolute atomic E-state index is 13.7. The number of methoxy groups -OCH3 is 4. The maximum Gasteiger partial charge on any atom is 1.00 e. The van der Waals surface area contributed by atoms with Crippen LogP contribution in [0.1, 0.15) is 36.2 Å². The largest absolute Gasteiger partial charge is 1.00 e. The van der Waals surface area contributed by atoms with Gasteiger partial charge in [0.25, 0.3) is 26.5 Å². The Kier molecular flexibility index (Phi) is 31.1. The minimum atomic E-state index is -4.53. The number of hydrogen-bond donors (Lipinski definition) is 1. The fraction of sp³-hybridized carbons (Fsp3) is 0.212. The molecule has 0 bridgehead atoms. The number of nitrogens with zero attached hydrogens (tertiary/aromatic N) is 6. The molecule has 33 heteroatoms. The number of ether oxygens (including phenoxy) is 5. The number of aromatic nitrogens is 4. The predicted molar refractivity (Wildman–Crippen MR) is 288 cm³/mol. The molecule has 2 heterocycles. The van der Waals surface area contributed by atoms with Gasteiger partial charge in [-0.05, 0) is 134 Å². The molecule has 2 aromatic heterocycles. The second kappa shape index (κ2) is 35.6. The first-order chi connectivity index (χ1) is 39.7. The van der Waals surface area contributed by atoms with E-state index in [2.05, 4.69) is 23.6 Å². The number of phenols is 1. The van der Waals surface area contributed by atoms with Gasteiger partial charge in [0.05, 0.1) is 71.0 Å². The number of aromatic hydroxyl groups is 1. The van der Waals surface area contributed by atoms with Crippen LogP contribution in [0.25, 0.3) is 0 Å². The van der Waals surface area contributed by atoms with Gasteiger partial charge in [-0.15, -0.1) is 0 Å². The SMILES string of the molecule is COc1ccc(CN(c2ncns2)S(=O)(=O)c2ccc(F)cc2)c(OC)c1.COc1ccc(CN(c2ncns2)S(=O)(=O)c2ccc(Oc3cc(C)cc(C(F)(F)F)c3)cc2)c(OC)c1.Cc1cc(O)cc(C(F)(F)F)c1.O=CO[O-].[2H]CF.[H-].[K+].[K+]. The minimum Gasteiger partial charge on any atom is -1.00 e. The van der Waals surface area contributed by atoms with Gasteiger partial charge in [0.2, 0.25) is 10.3 Å². The third kappa shape index (κ3) is 22.5. The molecule has 0 unspecified atom stereocenters. The fourth-order valence-electron chi connectivity index (χ4n) is 6.91. The third-order valence-electron chi connectivity index (χ3n) is 10.6. The standard InChI is InChI=1S/C25H22F3N3O5S2.C17H16FN3O4S2.C8H7F3O.CH3F.CH2O3.2K.H/c1-16-10-18(25(26,27)28)12-21(11-16)36-19-6-8-22(9-7-19)38(32,33)31(24-29-15-30-37-24)14-17-4-5-20(34-2)13-23(17)35-3;1-24-14-6-3-12(16(9-14)25-2)10-21(17-19-11-20-26-17)27(22,23)15-7-4-13(18)5-8-15;1-5-2-6(8(9,10)11)4-7(12)3-5;1-2;2-1-4-3;;;/h4-13,15H,14H2,1-3H3;3-9,11H,10H2,1-2H3;2-4,12H,1H3;1H3;1,3H;;;/q;;;;;2*+1;-1/p-1/i;;;1D;;;;. The number of alkyl halides is 7. The van der Waals surface area contributed by atoms with E-state index in [9.17, 15) is 52.0 Å². The normalized spacial score (nSPS) is 10.9. The molecule has 0 aliphatic heterocycles. The zero-order chi connectivity index (χ0) is 62.4. The summed E-state index contributed by atoms with van der Waals surface area (Å²) in [6.45, 7) is 2.70. The summed E-state index contributed by atoms with van der Waals surface area (Å²) in [5.74, 6) is 1.29. The van der Waals surface area contributed by atoms with E-state index in [-0.39, 0.29) is 161 Å². The van der Waals surface area contributed by atoms with Crippen molar-refractivity contribution in [2.45, 2.75) is 49.1 Å². The first kappa shape index (κ1) is 74.1. The molecule has 8 rings (SSSR count). The number of aryl methyl sites for hydroxylation is 2. The smallest absolute Gasteiger partial charge is 1.00 e. The van der Waals surface area contributed by atoms with Gasteiger partial charge in [-0.1, -0.05) is 0 Å². The van der Waals surface area contributed by atoms with Crippen LogP contribution < -0.4 is 140 Å². The Hall–Kier alpha value is -5.12. The van der Waals surface area contributed by atoms with Crippen LogP contribution in [0.5, 0.6) is 40.2 Å². The van der Waals surface area contributed by atoms with Crippen LogP contribution in [-0.2, 0) is 55.2 Å². The van der Waals surface area contributed by atoms with Crippen LogP contribution in [0.15, 0.2) is 144 Å². The van der Waals surface area contributed by atoms with E-state index in [0.717, 1.165) is 62.0 Å². The van der Waals surface area contributed by atoms with Gasteiger partial charge in [-0.25, -0.2) is 39.8 Å². The molecule has 6 aromatic carbocycles. The number of sulfonamides is 2. The summed E-state index contributed by atoms with van der Waals surface area (Å²) < 4.78 is 195. The third-order valence-corrected chi connectivity index (χ3v) is 15.7. The van der Waals surface area contributed by atoms with E-state index in [1.54, 1.807) is 36.4 Å². The van der Waals surface area contributed by atoms with Crippen molar-refractivity contribution in [2.24, 2.45) is 0 Å². The van der Waals surface area contributed by atoms with E-state index in [1.807, 2.05) is 0 Å². The van der Waals surface area contributed by atoms with Gasteiger partial charge >= 0.3 is 115 Å². The van der Waals surface area contributed by atoms with Crippen LogP contribution in [0.2, 0.25) is 0 Å². The molecule has 448 valence electrons. The molecule has 0 saturated heterocycles. The number of rotatable bonds is 17. The second-order valence-corrected chi connectivity index (χ2v) is 21.4. The van der Waals surface area contributed by atoms with Gasteiger partial charge in [-0.3, -0.25) is 9.18 Å². The fourth-order valence-corrected chi connectivity index (χ4v) is 11.2. The van der Waals surface area contributed by atoms with Crippen LogP contribution in [0, 0.1) is 19.7 Å². The average molecular weight is 1330 g/mol. The number of phenolic OH excluding ortho intramolecular Hbond substituents is 1. The topological polar surface area (TPSA) is 242 Å². The van der Waals surface area contributed by atoms with Crippen LogP contribution in [0.3, 0.4) is 0 Å². The van der Waals surface area contributed by atoms with E-state index in [1.165, 1.54) is 103 Å². The molecule has 0 spiro atoms. The zero-order valence-electron chi connectivity index (χ0n) is 48.1. The van der Waals surface area contributed by atoms with Crippen molar-refractivity contribution >= 4 is 59.8 Å². The molecule has 0 fully saturated rings. The Morgan fingerprint density at radius 1 is 0.612 bits per heavy atom. The summed E-state index contributed by atoms with van der Waals surface area (Å²) in [5, 5.41) is 17.6. The Morgan fingerprint density at radius 3 is 1.35 bits per heavy atom. The van der Waals surface area contributed by atoms with Gasteiger partial charge in [0.15, 0.2) is 0 Å². The van der Waals surface area contributed by atoms with Crippen molar-refractivity contribution in [2.75, 3.05) is 44.2 Å². The van der Waals surface area contributed by atoms with Gasteiger partial charge in [0.1, 0.15) is 58.7 Å². The Morgan fingerprint density at radius 2 is 1.00 bits per heavy atom. The number of hydrogen-bond acceptors (Lipinski definition) is 19. The van der Waals surface area contributed by atoms with Gasteiger partial charge in [0, 0.05) is 46.3 Å². The van der Waals surface area contributed by atoms with Gasteiger partial charge in [-0.2, -0.15) is 35.1 Å². The summed E-state index contributed by atoms with van der Waals surface area (Å²) in [6, 6.07) is 26.4.